The first-order valence-corrected chi connectivity index (χ1v) is 11.5. The van der Waals surface area contributed by atoms with Crippen LogP contribution in [0.3, 0.4) is 0 Å². The van der Waals surface area contributed by atoms with E-state index in [9.17, 15) is 14.7 Å². The summed E-state index contributed by atoms with van der Waals surface area (Å²) in [6, 6.07) is 12.7. The Bertz CT molecular complexity index is 1310. The van der Waals surface area contributed by atoms with Gasteiger partial charge in [0.05, 0.1) is 13.7 Å². The van der Waals surface area contributed by atoms with E-state index in [2.05, 4.69) is 5.32 Å². The maximum Gasteiger partial charge on any atom is 0.336 e. The molecule has 2 aliphatic rings. The van der Waals surface area contributed by atoms with E-state index in [0.717, 1.165) is 16.5 Å². The largest absolute Gasteiger partial charge is 0.497 e. The van der Waals surface area contributed by atoms with Crippen molar-refractivity contribution in [3.8, 4) is 11.5 Å². The first-order chi connectivity index (χ1) is 17.3. The minimum absolute atomic E-state index is 0.136. The number of hydrogen-bond acceptors (Lipinski definition) is 9. The number of amides is 1. The summed E-state index contributed by atoms with van der Waals surface area (Å²) < 4.78 is 34.5. The number of fused-ring (bicyclic) bond motifs is 2. The lowest BCUT2D eigenvalue weighted by Crippen LogP contribution is -2.67. The van der Waals surface area contributed by atoms with Crippen molar-refractivity contribution in [3.63, 3.8) is 0 Å². The van der Waals surface area contributed by atoms with Gasteiger partial charge < -0.3 is 38.5 Å². The average molecular weight is 498 g/mol. The van der Waals surface area contributed by atoms with E-state index in [1.54, 1.807) is 37.4 Å². The van der Waals surface area contributed by atoms with Crippen LogP contribution in [0.25, 0.3) is 11.0 Å². The molecule has 0 bridgehead atoms. The Morgan fingerprint density at radius 2 is 1.83 bits per heavy atom. The van der Waals surface area contributed by atoms with Crippen molar-refractivity contribution in [1.82, 2.24) is 5.32 Å². The molecule has 0 radical (unpaired) electrons. The predicted molar refractivity (Wildman–Crippen MR) is 127 cm³/mol. The van der Waals surface area contributed by atoms with Gasteiger partial charge in [-0.05, 0) is 36.8 Å². The molecule has 3 heterocycles. The molecule has 6 atom stereocenters. The van der Waals surface area contributed by atoms with Crippen molar-refractivity contribution in [3.05, 3.63) is 70.1 Å². The highest BCUT2D eigenvalue weighted by Gasteiger charge is 2.50. The zero-order chi connectivity index (χ0) is 25.4. The SMILES string of the molecule is COc1ccc([C@H]2OC[C@H]3O[C@H](Oc4ccc5c(C)cc(=O)oc5c4)[C@H](NC(C)=O)[C@@H](O)[C@H]3O2)cc1. The van der Waals surface area contributed by atoms with Gasteiger partial charge in [-0.25, -0.2) is 4.79 Å². The topological polar surface area (TPSA) is 126 Å². The van der Waals surface area contributed by atoms with Crippen LogP contribution < -0.4 is 20.4 Å². The minimum atomic E-state index is -1.15. The van der Waals surface area contributed by atoms with E-state index < -0.39 is 42.6 Å². The molecule has 0 unspecified atom stereocenters. The number of ether oxygens (including phenoxy) is 5. The van der Waals surface area contributed by atoms with Gasteiger partial charge in [0, 0.05) is 30.0 Å². The highest BCUT2D eigenvalue weighted by Crippen LogP contribution is 2.35. The normalized spacial score (nSPS) is 27.8. The van der Waals surface area contributed by atoms with Crippen LogP contribution in [-0.2, 0) is 19.0 Å². The molecule has 2 N–H and O–H groups in total. The third-order valence-corrected chi connectivity index (χ3v) is 6.30. The van der Waals surface area contributed by atoms with Gasteiger partial charge in [-0.2, -0.15) is 0 Å². The highest BCUT2D eigenvalue weighted by atomic mass is 16.7. The van der Waals surface area contributed by atoms with Crippen LogP contribution in [0.2, 0.25) is 0 Å². The van der Waals surface area contributed by atoms with Gasteiger partial charge in [-0.15, -0.1) is 0 Å². The number of nitrogens with one attached hydrogen (secondary N) is 1. The third-order valence-electron chi connectivity index (χ3n) is 6.30. The van der Waals surface area contributed by atoms with Crippen LogP contribution in [0.1, 0.15) is 24.3 Å². The molecule has 0 saturated carbocycles. The second-order valence-electron chi connectivity index (χ2n) is 8.82. The second-order valence-corrected chi connectivity index (χ2v) is 8.82. The fourth-order valence-corrected chi connectivity index (χ4v) is 4.52. The van der Waals surface area contributed by atoms with E-state index in [1.807, 2.05) is 19.1 Å². The summed E-state index contributed by atoms with van der Waals surface area (Å²) in [6.07, 6.45) is -4.35. The monoisotopic (exact) mass is 497 g/mol. The Labute approximate surface area is 206 Å². The molecule has 5 rings (SSSR count). The van der Waals surface area contributed by atoms with Crippen molar-refractivity contribution in [2.45, 2.75) is 50.8 Å². The van der Waals surface area contributed by atoms with Gasteiger partial charge in [0.25, 0.3) is 0 Å². The van der Waals surface area contributed by atoms with Gasteiger partial charge >= 0.3 is 5.63 Å². The summed E-state index contributed by atoms with van der Waals surface area (Å²) >= 11 is 0. The molecular weight excluding hydrogens is 470 g/mol. The molecule has 10 nitrogen and oxygen atoms in total. The van der Waals surface area contributed by atoms with Crippen LogP contribution in [0.5, 0.6) is 11.5 Å². The average Bonchev–Trinajstić information content (AvgIpc) is 2.86. The Hall–Kier alpha value is -3.44. The molecule has 0 aliphatic carbocycles. The molecular formula is C26H27NO9. The number of carbonyl (C=O) groups is 1. The molecule has 2 saturated heterocycles. The van der Waals surface area contributed by atoms with Crippen molar-refractivity contribution < 1.29 is 38.0 Å². The summed E-state index contributed by atoms with van der Waals surface area (Å²) in [5.74, 6) is 0.673. The van der Waals surface area contributed by atoms with E-state index in [0.29, 0.717) is 17.1 Å². The number of hydrogen-bond donors (Lipinski definition) is 2. The van der Waals surface area contributed by atoms with Crippen molar-refractivity contribution in [2.24, 2.45) is 0 Å². The standard InChI is InChI=1S/C26H27NO9/c1-13-10-21(29)34-19-11-17(8-9-18(13)19)33-26-22(27-14(2)28)23(30)24-20(35-26)12-32-25(36-24)15-4-6-16(31-3)7-5-15/h4-11,20,22-26,30H,12H2,1-3H3,(H,27,28)/t20-,22-,23-,24+,25+,26+/m1/s1. The van der Waals surface area contributed by atoms with E-state index in [1.165, 1.54) is 13.0 Å². The maximum atomic E-state index is 12.0. The van der Waals surface area contributed by atoms with Crippen LogP contribution >= 0.6 is 0 Å². The first-order valence-electron chi connectivity index (χ1n) is 11.5. The molecule has 2 aliphatic heterocycles. The Morgan fingerprint density at radius 1 is 1.08 bits per heavy atom. The zero-order valence-electron chi connectivity index (χ0n) is 20.0. The molecule has 36 heavy (non-hydrogen) atoms. The van der Waals surface area contributed by atoms with Crippen molar-refractivity contribution in [2.75, 3.05) is 13.7 Å². The molecule has 10 heteroatoms. The Kier molecular flexibility index (Phi) is 6.67. The Morgan fingerprint density at radius 3 is 2.56 bits per heavy atom. The van der Waals surface area contributed by atoms with E-state index in [-0.39, 0.29) is 12.5 Å². The zero-order valence-corrected chi connectivity index (χ0v) is 20.0. The van der Waals surface area contributed by atoms with Crippen LogP contribution in [-0.4, -0.2) is 55.4 Å². The van der Waals surface area contributed by atoms with Gasteiger partial charge in [0.1, 0.15) is 41.4 Å². The molecule has 2 aromatic carbocycles. The van der Waals surface area contributed by atoms with Gasteiger partial charge in [0.15, 0.2) is 6.29 Å². The lowest BCUT2D eigenvalue weighted by molar-refractivity contribution is -0.333. The molecule has 0 spiro atoms. The van der Waals surface area contributed by atoms with E-state index >= 15 is 0 Å². The van der Waals surface area contributed by atoms with Gasteiger partial charge in [-0.1, -0.05) is 12.1 Å². The van der Waals surface area contributed by atoms with Crippen LogP contribution in [0.15, 0.2) is 57.7 Å². The summed E-state index contributed by atoms with van der Waals surface area (Å²) in [4.78, 5) is 23.7. The predicted octanol–water partition coefficient (Wildman–Crippen LogP) is 2.19. The van der Waals surface area contributed by atoms with Crippen molar-refractivity contribution in [1.29, 1.82) is 0 Å². The van der Waals surface area contributed by atoms with Gasteiger partial charge in [0.2, 0.25) is 12.2 Å². The van der Waals surface area contributed by atoms with Crippen molar-refractivity contribution >= 4 is 16.9 Å². The smallest absolute Gasteiger partial charge is 0.336 e. The number of aliphatic hydroxyl groups is 1. The minimum Gasteiger partial charge on any atom is -0.497 e. The second kappa shape index (κ2) is 9.90. The molecule has 1 amide bonds. The Balaban J connectivity index is 1.37. The van der Waals surface area contributed by atoms with E-state index in [4.69, 9.17) is 28.1 Å². The number of methoxy groups -OCH3 is 1. The number of benzene rings is 2. The number of rotatable bonds is 5. The lowest BCUT2D eigenvalue weighted by atomic mass is 9.95. The third kappa shape index (κ3) is 4.80. The fraction of sp³-hybridized carbons (Fsp3) is 0.385. The summed E-state index contributed by atoms with van der Waals surface area (Å²) in [5.41, 5.74) is 1.42. The van der Waals surface area contributed by atoms with Crippen LogP contribution in [0, 0.1) is 6.92 Å². The quantitative estimate of drug-likeness (QED) is 0.510. The summed E-state index contributed by atoms with van der Waals surface area (Å²) in [5, 5.41) is 14.7. The number of aryl methyl sites for hydroxylation is 1. The molecule has 2 fully saturated rings. The summed E-state index contributed by atoms with van der Waals surface area (Å²) in [7, 11) is 1.58. The maximum absolute atomic E-state index is 12.0. The number of carbonyl (C=O) groups excluding carboxylic acids is 1. The highest BCUT2D eigenvalue weighted by molar-refractivity contribution is 5.81. The van der Waals surface area contributed by atoms with Gasteiger partial charge in [-0.3, -0.25) is 4.79 Å². The number of aliphatic hydroxyl groups excluding tert-OH is 1. The molecule has 1 aromatic heterocycles. The van der Waals surface area contributed by atoms with Crippen LogP contribution in [0.4, 0.5) is 0 Å². The lowest BCUT2D eigenvalue weighted by Gasteiger charge is -2.47. The molecule has 190 valence electrons. The molecule has 3 aromatic rings. The summed E-state index contributed by atoms with van der Waals surface area (Å²) in [6.45, 7) is 3.29. The fourth-order valence-electron chi connectivity index (χ4n) is 4.52. The first kappa shape index (κ1) is 24.3.